The van der Waals surface area contributed by atoms with Crippen LogP contribution in [0.3, 0.4) is 0 Å². The highest BCUT2D eigenvalue weighted by atomic mass is 16.5. The van der Waals surface area contributed by atoms with Crippen LogP contribution < -0.4 is 14.8 Å². The highest BCUT2D eigenvalue weighted by Gasteiger charge is 2.23. The number of rotatable bonds is 6. The third-order valence-electron chi connectivity index (χ3n) is 4.38. The van der Waals surface area contributed by atoms with Crippen molar-refractivity contribution in [3.05, 3.63) is 23.8 Å². The van der Waals surface area contributed by atoms with Gasteiger partial charge in [0.05, 0.1) is 7.11 Å². The van der Waals surface area contributed by atoms with Gasteiger partial charge in [0, 0.05) is 25.6 Å². The number of carbonyl (C=O) groups excluding carboxylic acids is 1. The molecule has 120 valence electrons. The Balaban J connectivity index is 1.44. The van der Waals surface area contributed by atoms with Crippen molar-refractivity contribution >= 4 is 5.91 Å². The van der Waals surface area contributed by atoms with Crippen LogP contribution in [-0.4, -0.2) is 50.2 Å². The summed E-state index contributed by atoms with van der Waals surface area (Å²) in [7, 11) is 1.67. The fourth-order valence-corrected chi connectivity index (χ4v) is 3.20. The molecule has 22 heavy (non-hydrogen) atoms. The number of methoxy groups -OCH3 is 1. The molecule has 0 aliphatic carbocycles. The predicted molar refractivity (Wildman–Crippen MR) is 84.4 cm³/mol. The van der Waals surface area contributed by atoms with E-state index in [1.54, 1.807) is 7.11 Å². The standard InChI is InChI=1S/C17H24N2O3/c1-21-15-6-2-5-13-11-14(12-22-17(13)15)18-8-4-10-19-9-3-7-16(19)20/h2,5-6,14,18H,3-4,7-12H2,1H3. The zero-order valence-electron chi connectivity index (χ0n) is 13.1. The number of fused-ring (bicyclic) bond motifs is 1. The number of amides is 1. The molecule has 0 bridgehead atoms. The molecule has 1 atom stereocenters. The lowest BCUT2D eigenvalue weighted by Gasteiger charge is -2.27. The van der Waals surface area contributed by atoms with Crippen molar-refractivity contribution in [2.45, 2.75) is 31.7 Å². The minimum absolute atomic E-state index is 0.307. The molecule has 2 aliphatic heterocycles. The van der Waals surface area contributed by atoms with Gasteiger partial charge in [-0.1, -0.05) is 12.1 Å². The normalized spacial score (nSPS) is 20.7. The summed E-state index contributed by atoms with van der Waals surface area (Å²) in [6.45, 7) is 3.37. The van der Waals surface area contributed by atoms with Crippen molar-refractivity contribution in [2.24, 2.45) is 0 Å². The van der Waals surface area contributed by atoms with Gasteiger partial charge in [0.1, 0.15) is 6.61 Å². The number of nitrogens with one attached hydrogen (secondary N) is 1. The van der Waals surface area contributed by atoms with E-state index in [2.05, 4.69) is 11.4 Å². The third-order valence-corrected chi connectivity index (χ3v) is 4.38. The van der Waals surface area contributed by atoms with Gasteiger partial charge in [-0.15, -0.1) is 0 Å². The van der Waals surface area contributed by atoms with E-state index in [4.69, 9.17) is 9.47 Å². The summed E-state index contributed by atoms with van der Waals surface area (Å²) in [6.07, 6.45) is 3.69. The minimum atomic E-state index is 0.307. The maximum atomic E-state index is 11.5. The smallest absolute Gasteiger partial charge is 0.222 e. The second-order valence-electron chi connectivity index (χ2n) is 5.95. The van der Waals surface area contributed by atoms with Crippen LogP contribution >= 0.6 is 0 Å². The van der Waals surface area contributed by atoms with Gasteiger partial charge in [-0.25, -0.2) is 0 Å². The van der Waals surface area contributed by atoms with E-state index in [-0.39, 0.29) is 0 Å². The first-order valence-electron chi connectivity index (χ1n) is 8.08. The molecule has 0 spiro atoms. The third kappa shape index (κ3) is 3.35. The molecule has 1 saturated heterocycles. The Kier molecular flexibility index (Phi) is 4.83. The van der Waals surface area contributed by atoms with E-state index in [1.807, 2.05) is 17.0 Å². The molecule has 1 aromatic rings. The summed E-state index contributed by atoms with van der Waals surface area (Å²) in [4.78, 5) is 13.5. The van der Waals surface area contributed by atoms with E-state index in [0.29, 0.717) is 18.6 Å². The van der Waals surface area contributed by atoms with Crippen molar-refractivity contribution in [3.63, 3.8) is 0 Å². The molecule has 5 nitrogen and oxygen atoms in total. The molecule has 0 saturated carbocycles. The number of hydrogen-bond donors (Lipinski definition) is 1. The van der Waals surface area contributed by atoms with Gasteiger partial charge in [-0.05, 0) is 37.4 Å². The second kappa shape index (κ2) is 7.01. The van der Waals surface area contributed by atoms with Crippen molar-refractivity contribution in [1.82, 2.24) is 10.2 Å². The quantitative estimate of drug-likeness (QED) is 0.811. The van der Waals surface area contributed by atoms with Gasteiger partial charge < -0.3 is 19.7 Å². The highest BCUT2D eigenvalue weighted by molar-refractivity contribution is 5.77. The predicted octanol–water partition coefficient (Wildman–Crippen LogP) is 1.60. The van der Waals surface area contributed by atoms with Crippen LogP contribution in [0.4, 0.5) is 0 Å². The Bertz CT molecular complexity index is 533. The molecular formula is C17H24N2O3. The summed E-state index contributed by atoms with van der Waals surface area (Å²) in [5.74, 6) is 2.00. The Morgan fingerprint density at radius 2 is 2.36 bits per heavy atom. The van der Waals surface area contributed by atoms with E-state index in [0.717, 1.165) is 56.8 Å². The maximum absolute atomic E-state index is 11.5. The Morgan fingerprint density at radius 1 is 1.45 bits per heavy atom. The van der Waals surface area contributed by atoms with Crippen molar-refractivity contribution in [3.8, 4) is 11.5 Å². The fraction of sp³-hybridized carbons (Fsp3) is 0.588. The molecule has 3 rings (SSSR count). The molecule has 1 unspecified atom stereocenters. The average molecular weight is 304 g/mol. The number of carbonyl (C=O) groups is 1. The molecule has 1 fully saturated rings. The zero-order valence-corrected chi connectivity index (χ0v) is 13.1. The lowest BCUT2D eigenvalue weighted by atomic mass is 10.0. The van der Waals surface area contributed by atoms with Crippen molar-refractivity contribution < 1.29 is 14.3 Å². The first-order valence-corrected chi connectivity index (χ1v) is 8.08. The number of nitrogens with zero attached hydrogens (tertiary/aromatic N) is 1. The summed E-state index contributed by atoms with van der Waals surface area (Å²) >= 11 is 0. The van der Waals surface area contributed by atoms with Crippen molar-refractivity contribution in [2.75, 3.05) is 33.4 Å². The molecule has 2 heterocycles. The van der Waals surface area contributed by atoms with E-state index < -0.39 is 0 Å². The average Bonchev–Trinajstić information content (AvgIpc) is 2.96. The van der Waals surface area contributed by atoms with Crippen LogP contribution in [0.15, 0.2) is 18.2 Å². The highest BCUT2D eigenvalue weighted by Crippen LogP contribution is 2.34. The van der Waals surface area contributed by atoms with E-state index >= 15 is 0 Å². The molecule has 0 aromatic heterocycles. The van der Waals surface area contributed by atoms with Crippen LogP contribution in [0.1, 0.15) is 24.8 Å². The van der Waals surface area contributed by atoms with E-state index in [1.165, 1.54) is 5.56 Å². The van der Waals surface area contributed by atoms with Crippen LogP contribution in [0.2, 0.25) is 0 Å². The van der Waals surface area contributed by atoms with Gasteiger partial charge in [-0.3, -0.25) is 4.79 Å². The van der Waals surface area contributed by atoms with Crippen molar-refractivity contribution in [1.29, 1.82) is 0 Å². The lowest BCUT2D eigenvalue weighted by molar-refractivity contribution is -0.127. The minimum Gasteiger partial charge on any atom is -0.493 e. The first kappa shape index (κ1) is 15.2. The van der Waals surface area contributed by atoms with E-state index in [9.17, 15) is 4.79 Å². The molecule has 1 amide bonds. The van der Waals surface area contributed by atoms with Gasteiger partial charge in [-0.2, -0.15) is 0 Å². The summed E-state index contributed by atoms with van der Waals surface area (Å²) in [6, 6.07) is 6.35. The monoisotopic (exact) mass is 304 g/mol. The van der Waals surface area contributed by atoms with Gasteiger partial charge in [0.2, 0.25) is 5.91 Å². The summed E-state index contributed by atoms with van der Waals surface area (Å²) < 4.78 is 11.2. The molecule has 2 aliphatic rings. The Hall–Kier alpha value is -1.75. The van der Waals surface area contributed by atoms with Gasteiger partial charge >= 0.3 is 0 Å². The summed E-state index contributed by atoms with van der Waals surface area (Å²) in [5, 5.41) is 3.53. The maximum Gasteiger partial charge on any atom is 0.222 e. The number of ether oxygens (including phenoxy) is 2. The molecular weight excluding hydrogens is 280 g/mol. The van der Waals surface area contributed by atoms with Crippen LogP contribution in [0.5, 0.6) is 11.5 Å². The number of likely N-dealkylation sites (tertiary alicyclic amines) is 1. The van der Waals surface area contributed by atoms with Crippen LogP contribution in [-0.2, 0) is 11.2 Å². The lowest BCUT2D eigenvalue weighted by Crippen LogP contribution is -2.40. The summed E-state index contributed by atoms with van der Waals surface area (Å²) in [5.41, 5.74) is 1.19. The molecule has 5 heteroatoms. The largest absolute Gasteiger partial charge is 0.493 e. The number of hydrogen-bond acceptors (Lipinski definition) is 4. The SMILES string of the molecule is COc1cccc2c1OCC(NCCCN1CCCC1=O)C2. The first-order chi connectivity index (χ1) is 10.8. The molecule has 1 N–H and O–H groups in total. The second-order valence-corrected chi connectivity index (χ2v) is 5.95. The molecule has 0 radical (unpaired) electrons. The molecule has 1 aromatic carbocycles. The number of benzene rings is 1. The Labute approximate surface area is 131 Å². The Morgan fingerprint density at radius 3 is 3.14 bits per heavy atom. The van der Waals surface area contributed by atoms with Crippen LogP contribution in [0.25, 0.3) is 0 Å². The fourth-order valence-electron chi connectivity index (χ4n) is 3.20. The zero-order chi connectivity index (χ0) is 15.4. The number of para-hydroxylation sites is 1. The van der Waals surface area contributed by atoms with Crippen LogP contribution in [0, 0.1) is 0 Å². The van der Waals surface area contributed by atoms with Gasteiger partial charge in [0.15, 0.2) is 11.5 Å². The topological polar surface area (TPSA) is 50.8 Å². The van der Waals surface area contributed by atoms with Gasteiger partial charge in [0.25, 0.3) is 0 Å².